The molecule has 0 unspecified atom stereocenters. The number of nitrogens with zero attached hydrogens (tertiary/aromatic N) is 2. The Labute approximate surface area is 191 Å². The molecule has 0 spiro atoms. The molecule has 0 aliphatic carbocycles. The summed E-state index contributed by atoms with van der Waals surface area (Å²) in [7, 11) is 0. The van der Waals surface area contributed by atoms with E-state index in [9.17, 15) is 9.90 Å². The summed E-state index contributed by atoms with van der Waals surface area (Å²) < 4.78 is 28.3. The van der Waals surface area contributed by atoms with Crippen molar-refractivity contribution in [3.63, 3.8) is 0 Å². The molecular weight excluding hydrogens is 428 g/mol. The van der Waals surface area contributed by atoms with Crippen LogP contribution >= 0.6 is 0 Å². The van der Waals surface area contributed by atoms with Gasteiger partial charge < -0.3 is 28.2 Å². The van der Waals surface area contributed by atoms with E-state index in [0.717, 1.165) is 11.5 Å². The number of furan rings is 2. The van der Waals surface area contributed by atoms with Crippen molar-refractivity contribution in [1.82, 2.24) is 9.80 Å². The number of phenolic OH excluding ortho intramolecular Hbond substituents is 1. The molecule has 0 radical (unpaired) electrons. The molecule has 4 heterocycles. The molecule has 1 N–H and O–H groups in total. The first-order valence-electron chi connectivity index (χ1n) is 11.0. The van der Waals surface area contributed by atoms with Gasteiger partial charge in [-0.05, 0) is 30.7 Å². The van der Waals surface area contributed by atoms with Crippen LogP contribution in [0.25, 0.3) is 0 Å². The topological polar surface area (TPSA) is 97.8 Å². The molecule has 174 valence electrons. The smallest absolute Gasteiger partial charge is 0.339 e. The van der Waals surface area contributed by atoms with Crippen LogP contribution in [0.2, 0.25) is 0 Å². The van der Waals surface area contributed by atoms with E-state index in [2.05, 4.69) is 0 Å². The van der Waals surface area contributed by atoms with Gasteiger partial charge in [-0.15, -0.1) is 0 Å². The van der Waals surface area contributed by atoms with Crippen molar-refractivity contribution < 1.29 is 32.9 Å². The first-order chi connectivity index (χ1) is 16.1. The van der Waals surface area contributed by atoms with Crippen LogP contribution in [0.15, 0.2) is 45.6 Å². The lowest BCUT2D eigenvalue weighted by Gasteiger charge is -2.35. The third-order valence-electron chi connectivity index (χ3n) is 5.69. The molecule has 2 aliphatic rings. The monoisotopic (exact) mass is 454 g/mol. The number of benzene rings is 1. The fraction of sp³-hybridized carbons (Fsp3) is 0.375. The molecule has 2 aromatic heterocycles. The number of rotatable bonds is 7. The number of carbonyl (C=O) groups excluding carboxylic acids is 1. The molecule has 0 bridgehead atoms. The highest BCUT2D eigenvalue weighted by Crippen LogP contribution is 2.48. The highest BCUT2D eigenvalue weighted by atomic mass is 16.5. The van der Waals surface area contributed by atoms with Crippen molar-refractivity contribution in [1.29, 1.82) is 0 Å². The van der Waals surface area contributed by atoms with Gasteiger partial charge in [0.05, 0.1) is 37.8 Å². The molecule has 1 aromatic carbocycles. The molecule has 0 atom stereocenters. The summed E-state index contributed by atoms with van der Waals surface area (Å²) in [6, 6.07) is 7.43. The Morgan fingerprint density at radius 3 is 1.97 bits per heavy atom. The Morgan fingerprint density at radius 1 is 0.970 bits per heavy atom. The molecule has 2 aliphatic heterocycles. The van der Waals surface area contributed by atoms with Crippen molar-refractivity contribution in [3.05, 3.63) is 65.0 Å². The van der Waals surface area contributed by atoms with Crippen LogP contribution in [-0.2, 0) is 30.9 Å². The Hall–Kier alpha value is -3.43. The van der Waals surface area contributed by atoms with Gasteiger partial charge in [-0.2, -0.15) is 0 Å². The lowest BCUT2D eigenvalue weighted by molar-refractivity contribution is 0.0454. The average Bonchev–Trinajstić information content (AvgIpc) is 3.52. The molecule has 0 amide bonds. The first-order valence-corrected chi connectivity index (χ1v) is 11.0. The summed E-state index contributed by atoms with van der Waals surface area (Å²) in [6.07, 6.45) is 3.94. The normalized spacial score (nSPS) is 15.9. The van der Waals surface area contributed by atoms with E-state index in [1.54, 1.807) is 12.5 Å². The lowest BCUT2D eigenvalue weighted by atomic mass is 9.95. The number of hydrogen-bond donors (Lipinski definition) is 1. The quantitative estimate of drug-likeness (QED) is 0.534. The third-order valence-corrected chi connectivity index (χ3v) is 5.69. The van der Waals surface area contributed by atoms with E-state index < -0.39 is 5.97 Å². The van der Waals surface area contributed by atoms with Crippen LogP contribution in [0, 0.1) is 0 Å². The number of aromatic hydroxyl groups is 1. The summed E-state index contributed by atoms with van der Waals surface area (Å²) in [5.41, 5.74) is 1.57. The van der Waals surface area contributed by atoms with Gasteiger partial charge in [0.2, 0.25) is 5.75 Å². The molecule has 9 heteroatoms. The van der Waals surface area contributed by atoms with Crippen LogP contribution in [0.1, 0.15) is 46.3 Å². The summed E-state index contributed by atoms with van der Waals surface area (Å²) in [5, 5.41) is 11.0. The molecule has 9 nitrogen and oxygen atoms in total. The number of phenols is 1. The molecule has 0 fully saturated rings. The minimum Gasteiger partial charge on any atom is -0.502 e. The van der Waals surface area contributed by atoms with E-state index in [0.29, 0.717) is 55.9 Å². The zero-order valence-electron chi connectivity index (χ0n) is 18.4. The van der Waals surface area contributed by atoms with Gasteiger partial charge in [0.1, 0.15) is 25.0 Å². The fourth-order valence-corrected chi connectivity index (χ4v) is 4.22. The van der Waals surface area contributed by atoms with Crippen LogP contribution < -0.4 is 9.47 Å². The van der Waals surface area contributed by atoms with Crippen molar-refractivity contribution in [2.24, 2.45) is 0 Å². The summed E-state index contributed by atoms with van der Waals surface area (Å²) in [4.78, 5) is 17.2. The summed E-state index contributed by atoms with van der Waals surface area (Å²) in [5.74, 6) is 1.58. The average molecular weight is 454 g/mol. The van der Waals surface area contributed by atoms with E-state index in [-0.39, 0.29) is 30.7 Å². The molecule has 5 rings (SSSR count). The fourth-order valence-electron chi connectivity index (χ4n) is 4.22. The zero-order chi connectivity index (χ0) is 22.8. The molecular formula is C24H26N2O7. The van der Waals surface area contributed by atoms with Crippen LogP contribution in [0.4, 0.5) is 0 Å². The van der Waals surface area contributed by atoms with Crippen molar-refractivity contribution in [2.75, 3.05) is 20.1 Å². The van der Waals surface area contributed by atoms with Gasteiger partial charge in [0.15, 0.2) is 11.5 Å². The van der Waals surface area contributed by atoms with Gasteiger partial charge in [-0.25, -0.2) is 4.79 Å². The van der Waals surface area contributed by atoms with Crippen molar-refractivity contribution >= 4 is 5.97 Å². The van der Waals surface area contributed by atoms with Gasteiger partial charge in [-0.3, -0.25) is 9.80 Å². The van der Waals surface area contributed by atoms with E-state index >= 15 is 0 Å². The summed E-state index contributed by atoms with van der Waals surface area (Å²) in [6.45, 7) is 4.54. The second kappa shape index (κ2) is 9.21. The van der Waals surface area contributed by atoms with Crippen LogP contribution in [0.5, 0.6) is 17.2 Å². The maximum absolute atomic E-state index is 13.2. The standard InChI is InChI=1S/C24H26N2O7/c1-2-7-31-24(28)20-18-12-25(10-16-5-3-8-29-16)14-32-22(18)21(27)23-19(20)13-26(15-33-23)11-17-6-4-9-30-17/h3-6,8-9,27H,2,7,10-15H2,1H3. The third kappa shape index (κ3) is 4.29. The molecule has 3 aromatic rings. The predicted molar refractivity (Wildman–Crippen MR) is 116 cm³/mol. The van der Waals surface area contributed by atoms with Crippen LogP contribution in [0.3, 0.4) is 0 Å². The number of esters is 1. The highest BCUT2D eigenvalue weighted by molar-refractivity contribution is 5.96. The largest absolute Gasteiger partial charge is 0.502 e. The predicted octanol–water partition coefficient (Wildman–Crippen LogP) is 3.85. The summed E-state index contributed by atoms with van der Waals surface area (Å²) >= 11 is 0. The van der Waals surface area contributed by atoms with Gasteiger partial charge in [-0.1, -0.05) is 6.92 Å². The number of fused-ring (bicyclic) bond motifs is 2. The van der Waals surface area contributed by atoms with Gasteiger partial charge in [0, 0.05) is 24.2 Å². The Kier molecular flexibility index (Phi) is 5.97. The number of hydrogen-bond acceptors (Lipinski definition) is 9. The van der Waals surface area contributed by atoms with E-state index in [4.69, 9.17) is 23.0 Å². The van der Waals surface area contributed by atoms with Crippen molar-refractivity contribution in [2.45, 2.75) is 39.5 Å². The zero-order valence-corrected chi connectivity index (χ0v) is 18.4. The number of ether oxygens (including phenoxy) is 3. The van der Waals surface area contributed by atoms with Gasteiger partial charge in [0.25, 0.3) is 0 Å². The van der Waals surface area contributed by atoms with Crippen LogP contribution in [-0.4, -0.2) is 40.9 Å². The minimum absolute atomic E-state index is 0.0812. The second-order valence-electron chi connectivity index (χ2n) is 8.15. The molecule has 0 saturated heterocycles. The Bertz CT molecular complexity index is 1030. The minimum atomic E-state index is -0.448. The SMILES string of the molecule is CCCOC(=O)c1c2c(c(O)c3c1CN(Cc1ccco1)CO3)OCN(Cc1ccco1)C2. The van der Waals surface area contributed by atoms with E-state index in [1.807, 2.05) is 41.0 Å². The Balaban J connectivity index is 1.51. The maximum Gasteiger partial charge on any atom is 0.339 e. The van der Waals surface area contributed by atoms with Gasteiger partial charge >= 0.3 is 5.97 Å². The second-order valence-corrected chi connectivity index (χ2v) is 8.15. The van der Waals surface area contributed by atoms with Crippen molar-refractivity contribution in [3.8, 4) is 17.2 Å². The highest BCUT2D eigenvalue weighted by Gasteiger charge is 2.36. The molecule has 0 saturated carbocycles. The molecule has 33 heavy (non-hydrogen) atoms. The maximum atomic E-state index is 13.2. The van der Waals surface area contributed by atoms with E-state index in [1.165, 1.54) is 0 Å². The number of carbonyl (C=O) groups is 1. The lowest BCUT2D eigenvalue weighted by Crippen LogP contribution is -2.36. The Morgan fingerprint density at radius 2 is 1.52 bits per heavy atom. The first kappa shape index (κ1) is 21.4.